The Hall–Kier alpha value is -1.62. The molecule has 94 valence electrons. The van der Waals surface area contributed by atoms with Gasteiger partial charge in [-0.15, -0.1) is 0 Å². The van der Waals surface area contributed by atoms with Crippen LogP contribution < -0.4 is 11.1 Å². The number of rotatable bonds is 6. The first kappa shape index (κ1) is 13.4. The van der Waals surface area contributed by atoms with E-state index in [-0.39, 0.29) is 5.91 Å². The fourth-order valence-corrected chi connectivity index (χ4v) is 1.25. The average molecular weight is 237 g/mol. The Labute approximate surface area is 101 Å². The Morgan fingerprint density at radius 2 is 2.35 bits per heavy atom. The number of hydrogen-bond acceptors (Lipinski definition) is 4. The van der Waals surface area contributed by atoms with Crippen LogP contribution in [-0.4, -0.2) is 30.6 Å². The fourth-order valence-electron chi connectivity index (χ4n) is 1.25. The smallest absolute Gasteiger partial charge is 0.251 e. The van der Waals surface area contributed by atoms with Crippen LogP contribution >= 0.6 is 0 Å². The maximum atomic E-state index is 11.6. The van der Waals surface area contributed by atoms with Gasteiger partial charge in [-0.1, -0.05) is 13.8 Å². The first-order valence-corrected chi connectivity index (χ1v) is 5.67. The van der Waals surface area contributed by atoms with E-state index in [0.717, 1.165) is 0 Å². The lowest BCUT2D eigenvalue weighted by Crippen LogP contribution is -2.27. The number of ether oxygens (including phenoxy) is 1. The molecule has 0 bridgehead atoms. The predicted molar refractivity (Wildman–Crippen MR) is 66.6 cm³/mol. The molecule has 17 heavy (non-hydrogen) atoms. The Morgan fingerprint density at radius 3 is 3.00 bits per heavy atom. The second-order valence-electron chi connectivity index (χ2n) is 4.19. The van der Waals surface area contributed by atoms with E-state index in [1.165, 1.54) is 6.20 Å². The molecule has 0 atom stereocenters. The SMILES string of the molecule is CC(C)COCCNC(=O)c1ccnc(N)c1. The first-order chi connectivity index (χ1) is 8.09. The highest BCUT2D eigenvalue weighted by atomic mass is 16.5. The van der Waals surface area contributed by atoms with Crippen molar-refractivity contribution in [3.63, 3.8) is 0 Å². The Morgan fingerprint density at radius 1 is 1.59 bits per heavy atom. The van der Waals surface area contributed by atoms with Gasteiger partial charge in [0.05, 0.1) is 6.61 Å². The average Bonchev–Trinajstić information content (AvgIpc) is 2.28. The molecule has 0 aliphatic carbocycles. The highest BCUT2D eigenvalue weighted by Gasteiger charge is 2.04. The molecule has 0 aliphatic heterocycles. The minimum atomic E-state index is -0.160. The molecule has 0 unspecified atom stereocenters. The summed E-state index contributed by atoms with van der Waals surface area (Å²) in [6.45, 7) is 5.88. The van der Waals surface area contributed by atoms with E-state index in [9.17, 15) is 4.79 Å². The number of nitrogens with one attached hydrogen (secondary N) is 1. The van der Waals surface area contributed by atoms with Crippen LogP contribution in [0.3, 0.4) is 0 Å². The minimum absolute atomic E-state index is 0.160. The molecule has 0 fully saturated rings. The van der Waals surface area contributed by atoms with Gasteiger partial charge in [-0.3, -0.25) is 4.79 Å². The van der Waals surface area contributed by atoms with Gasteiger partial charge in [0.2, 0.25) is 0 Å². The number of pyridine rings is 1. The normalized spacial score (nSPS) is 10.5. The molecule has 0 saturated carbocycles. The molecule has 0 radical (unpaired) electrons. The summed E-state index contributed by atoms with van der Waals surface area (Å²) >= 11 is 0. The van der Waals surface area contributed by atoms with Crippen molar-refractivity contribution in [3.8, 4) is 0 Å². The monoisotopic (exact) mass is 237 g/mol. The van der Waals surface area contributed by atoms with Crippen molar-refractivity contribution in [2.75, 3.05) is 25.5 Å². The summed E-state index contributed by atoms with van der Waals surface area (Å²) in [5.74, 6) is 0.687. The lowest BCUT2D eigenvalue weighted by Gasteiger charge is -2.08. The predicted octanol–water partition coefficient (Wildman–Crippen LogP) is 1.07. The molecule has 3 N–H and O–H groups in total. The molecular formula is C12H19N3O2. The summed E-state index contributed by atoms with van der Waals surface area (Å²) in [5.41, 5.74) is 6.01. The van der Waals surface area contributed by atoms with Gasteiger partial charge >= 0.3 is 0 Å². The zero-order chi connectivity index (χ0) is 12.7. The number of amides is 1. The van der Waals surface area contributed by atoms with Crippen LogP contribution in [0, 0.1) is 5.92 Å². The fraction of sp³-hybridized carbons (Fsp3) is 0.500. The quantitative estimate of drug-likeness (QED) is 0.725. The second-order valence-corrected chi connectivity index (χ2v) is 4.19. The van der Waals surface area contributed by atoms with Gasteiger partial charge in [0.1, 0.15) is 5.82 Å². The van der Waals surface area contributed by atoms with E-state index in [0.29, 0.717) is 37.1 Å². The van der Waals surface area contributed by atoms with E-state index in [1.807, 2.05) is 0 Å². The summed E-state index contributed by atoms with van der Waals surface area (Å²) in [5, 5.41) is 2.75. The third-order valence-corrected chi connectivity index (χ3v) is 2.03. The van der Waals surface area contributed by atoms with Crippen molar-refractivity contribution in [2.45, 2.75) is 13.8 Å². The number of anilines is 1. The zero-order valence-electron chi connectivity index (χ0n) is 10.3. The summed E-state index contributed by atoms with van der Waals surface area (Å²) in [7, 11) is 0. The summed E-state index contributed by atoms with van der Waals surface area (Å²) in [6, 6.07) is 3.17. The van der Waals surface area contributed by atoms with Crippen LogP contribution in [0.5, 0.6) is 0 Å². The number of carbonyl (C=O) groups is 1. The number of aromatic nitrogens is 1. The lowest BCUT2D eigenvalue weighted by molar-refractivity contribution is 0.0886. The van der Waals surface area contributed by atoms with Crippen molar-refractivity contribution < 1.29 is 9.53 Å². The van der Waals surface area contributed by atoms with Gasteiger partial charge in [-0.05, 0) is 18.1 Å². The molecule has 1 rings (SSSR count). The van der Waals surface area contributed by atoms with Crippen molar-refractivity contribution in [3.05, 3.63) is 23.9 Å². The van der Waals surface area contributed by atoms with Crippen molar-refractivity contribution >= 4 is 11.7 Å². The van der Waals surface area contributed by atoms with E-state index in [4.69, 9.17) is 10.5 Å². The molecule has 0 aliphatic rings. The number of nitrogen functional groups attached to an aromatic ring is 1. The molecule has 1 heterocycles. The minimum Gasteiger partial charge on any atom is -0.384 e. The summed E-state index contributed by atoms with van der Waals surface area (Å²) < 4.78 is 5.35. The van der Waals surface area contributed by atoms with Crippen molar-refractivity contribution in [1.29, 1.82) is 0 Å². The van der Waals surface area contributed by atoms with Gasteiger partial charge in [0.15, 0.2) is 0 Å². The third kappa shape index (κ3) is 5.31. The van der Waals surface area contributed by atoms with Crippen LogP contribution in [0.25, 0.3) is 0 Å². The second kappa shape index (κ2) is 6.85. The molecule has 0 spiro atoms. The molecular weight excluding hydrogens is 218 g/mol. The number of nitrogens with two attached hydrogens (primary N) is 1. The summed E-state index contributed by atoms with van der Waals surface area (Å²) in [4.78, 5) is 15.5. The topological polar surface area (TPSA) is 77.2 Å². The van der Waals surface area contributed by atoms with Gasteiger partial charge < -0.3 is 15.8 Å². The van der Waals surface area contributed by atoms with Crippen LogP contribution in [0.2, 0.25) is 0 Å². The molecule has 0 saturated heterocycles. The van der Waals surface area contributed by atoms with Crippen LogP contribution in [-0.2, 0) is 4.74 Å². The zero-order valence-corrected chi connectivity index (χ0v) is 10.3. The maximum Gasteiger partial charge on any atom is 0.251 e. The highest BCUT2D eigenvalue weighted by molar-refractivity contribution is 5.94. The van der Waals surface area contributed by atoms with Gasteiger partial charge in [0.25, 0.3) is 5.91 Å². The molecule has 1 aromatic heterocycles. The largest absolute Gasteiger partial charge is 0.384 e. The maximum absolute atomic E-state index is 11.6. The highest BCUT2D eigenvalue weighted by Crippen LogP contribution is 2.02. The number of nitrogens with zero attached hydrogens (tertiary/aromatic N) is 1. The number of hydrogen-bond donors (Lipinski definition) is 2. The standard InChI is InChI=1S/C12H19N3O2/c1-9(2)8-17-6-5-15-12(16)10-3-4-14-11(13)7-10/h3-4,7,9H,5-6,8H2,1-2H3,(H2,13,14)(H,15,16). The van der Waals surface area contributed by atoms with E-state index in [2.05, 4.69) is 24.1 Å². The molecule has 1 aromatic rings. The first-order valence-electron chi connectivity index (χ1n) is 5.67. The Balaban J connectivity index is 2.26. The van der Waals surface area contributed by atoms with E-state index >= 15 is 0 Å². The van der Waals surface area contributed by atoms with E-state index in [1.54, 1.807) is 12.1 Å². The van der Waals surface area contributed by atoms with E-state index < -0.39 is 0 Å². The Bertz CT molecular complexity index is 367. The van der Waals surface area contributed by atoms with Gasteiger partial charge in [-0.25, -0.2) is 4.98 Å². The van der Waals surface area contributed by atoms with Gasteiger partial charge in [-0.2, -0.15) is 0 Å². The number of carbonyl (C=O) groups excluding carboxylic acids is 1. The Kier molecular flexibility index (Phi) is 5.42. The molecule has 5 nitrogen and oxygen atoms in total. The van der Waals surface area contributed by atoms with Crippen LogP contribution in [0.4, 0.5) is 5.82 Å². The molecule has 5 heteroatoms. The lowest BCUT2D eigenvalue weighted by atomic mass is 10.2. The third-order valence-electron chi connectivity index (χ3n) is 2.03. The van der Waals surface area contributed by atoms with Gasteiger partial charge in [0, 0.05) is 24.9 Å². The molecule has 0 aromatic carbocycles. The van der Waals surface area contributed by atoms with Crippen LogP contribution in [0.15, 0.2) is 18.3 Å². The van der Waals surface area contributed by atoms with Crippen molar-refractivity contribution in [1.82, 2.24) is 10.3 Å². The van der Waals surface area contributed by atoms with Crippen molar-refractivity contribution in [2.24, 2.45) is 5.92 Å². The summed E-state index contributed by atoms with van der Waals surface area (Å²) in [6.07, 6.45) is 1.51. The van der Waals surface area contributed by atoms with Crippen LogP contribution in [0.1, 0.15) is 24.2 Å². The molecule has 1 amide bonds.